The van der Waals surface area contributed by atoms with E-state index < -0.39 is 0 Å². The topological polar surface area (TPSA) is 0 Å². The van der Waals surface area contributed by atoms with Crippen molar-refractivity contribution in [1.29, 1.82) is 0 Å². The van der Waals surface area contributed by atoms with Gasteiger partial charge in [0.25, 0.3) is 0 Å². The average Bonchev–Trinajstić information content (AvgIpc) is 3.10. The molecule has 0 fully saturated rings. The molecule has 2 heteroatoms. The summed E-state index contributed by atoms with van der Waals surface area (Å²) >= 11 is 0. The summed E-state index contributed by atoms with van der Waals surface area (Å²) in [6, 6.07) is 12.5. The van der Waals surface area contributed by atoms with Crippen molar-refractivity contribution in [3.63, 3.8) is 0 Å². The Bertz CT molecular complexity index is 295. The van der Waals surface area contributed by atoms with E-state index >= 15 is 0 Å². The van der Waals surface area contributed by atoms with Crippen molar-refractivity contribution in [3.05, 3.63) is 85.0 Å². The van der Waals surface area contributed by atoms with Crippen molar-refractivity contribution in [1.82, 2.24) is 0 Å². The average molecular weight is 334 g/mol. The second-order valence-electron chi connectivity index (χ2n) is 3.08. The van der Waals surface area contributed by atoms with Gasteiger partial charge in [-0.15, -0.1) is 12.8 Å². The van der Waals surface area contributed by atoms with E-state index in [1.54, 1.807) is 0 Å². The van der Waals surface area contributed by atoms with Crippen LogP contribution in [0.3, 0.4) is 0 Å². The van der Waals surface area contributed by atoms with Crippen LogP contribution in [0.2, 0.25) is 0 Å². The molecule has 0 bridgehead atoms. The van der Waals surface area contributed by atoms with Crippen LogP contribution in [-0.2, 0) is 26.2 Å². The van der Waals surface area contributed by atoms with E-state index in [0.29, 0.717) is 0 Å². The Morgan fingerprint density at radius 1 is 0.722 bits per heavy atom. The van der Waals surface area contributed by atoms with Crippen LogP contribution in [0.1, 0.15) is 12.8 Å². The SMILES string of the molecule is [C-]1=CC=CC1.[C-]1=CC=CC1.[Cl-].[Zr+4].[c-]1ccccc1. The molecule has 1 aromatic rings. The van der Waals surface area contributed by atoms with Crippen LogP contribution < -0.4 is 12.4 Å². The largest absolute Gasteiger partial charge is 4.00 e. The minimum absolute atomic E-state index is 0. The van der Waals surface area contributed by atoms with Crippen LogP contribution in [0, 0.1) is 18.2 Å². The van der Waals surface area contributed by atoms with Crippen molar-refractivity contribution in [2.45, 2.75) is 12.8 Å². The maximum absolute atomic E-state index is 2.99. The molecule has 0 atom stereocenters. The van der Waals surface area contributed by atoms with Crippen molar-refractivity contribution >= 4 is 0 Å². The molecular formula is C16H15ClZr. The van der Waals surface area contributed by atoms with Gasteiger partial charge < -0.3 is 12.4 Å². The fourth-order valence-corrected chi connectivity index (χ4v) is 1.02. The standard InChI is InChI=1S/C6H5.2C5H5.ClH.Zr/c1-2-4-6-5-3-1;2*1-2-4-5-3-1;;/h1-5H;2*1-3H,4H2;1H;/q3*-1;;+4/p-1. The first-order valence-electron chi connectivity index (χ1n) is 5.34. The molecule has 18 heavy (non-hydrogen) atoms. The molecule has 0 spiro atoms. The molecule has 0 heterocycles. The Labute approximate surface area is 136 Å². The van der Waals surface area contributed by atoms with Gasteiger partial charge in [-0.25, -0.2) is 24.3 Å². The van der Waals surface area contributed by atoms with Gasteiger partial charge in [-0.3, -0.25) is 12.2 Å². The first kappa shape index (κ1) is 19.7. The van der Waals surface area contributed by atoms with E-state index in [1.807, 2.05) is 54.6 Å². The van der Waals surface area contributed by atoms with Crippen LogP contribution in [0.25, 0.3) is 0 Å². The van der Waals surface area contributed by atoms with E-state index in [9.17, 15) is 0 Å². The maximum atomic E-state index is 2.99. The number of rotatable bonds is 0. The van der Waals surface area contributed by atoms with Gasteiger partial charge in [-0.1, -0.05) is 0 Å². The van der Waals surface area contributed by atoms with Crippen molar-refractivity contribution in [2.24, 2.45) is 0 Å². The monoisotopic (exact) mass is 332 g/mol. The third-order valence-corrected chi connectivity index (χ3v) is 1.78. The molecule has 0 saturated carbocycles. The van der Waals surface area contributed by atoms with Crippen LogP contribution in [0.15, 0.2) is 66.8 Å². The zero-order chi connectivity index (χ0) is 11.3. The third kappa shape index (κ3) is 13.4. The van der Waals surface area contributed by atoms with Crippen LogP contribution in [0.4, 0.5) is 0 Å². The minimum Gasteiger partial charge on any atom is -1.00 e. The molecule has 0 aliphatic heterocycles. The maximum Gasteiger partial charge on any atom is 4.00 e. The van der Waals surface area contributed by atoms with Gasteiger partial charge >= 0.3 is 26.2 Å². The molecule has 3 rings (SSSR count). The number of benzene rings is 1. The van der Waals surface area contributed by atoms with Gasteiger partial charge in [0.2, 0.25) is 0 Å². The van der Waals surface area contributed by atoms with Crippen LogP contribution >= 0.6 is 0 Å². The summed E-state index contributed by atoms with van der Waals surface area (Å²) in [5, 5.41) is 0. The van der Waals surface area contributed by atoms with E-state index in [1.165, 1.54) is 0 Å². The smallest absolute Gasteiger partial charge is 1.00 e. The normalized spacial score (nSPS) is 12.4. The van der Waals surface area contributed by atoms with Gasteiger partial charge in [0.15, 0.2) is 0 Å². The molecule has 2 aliphatic rings. The molecule has 0 amide bonds. The Morgan fingerprint density at radius 3 is 1.33 bits per heavy atom. The predicted octanol–water partition coefficient (Wildman–Crippen LogP) is 1.10. The van der Waals surface area contributed by atoms with Gasteiger partial charge in [0, 0.05) is 0 Å². The zero-order valence-electron chi connectivity index (χ0n) is 10.1. The van der Waals surface area contributed by atoms with E-state index in [2.05, 4.69) is 30.4 Å². The number of halogens is 1. The molecule has 0 nitrogen and oxygen atoms in total. The molecule has 2 aliphatic carbocycles. The number of hydrogen-bond donors (Lipinski definition) is 0. The fourth-order valence-electron chi connectivity index (χ4n) is 1.02. The first-order chi connectivity index (χ1) is 8.00. The summed E-state index contributed by atoms with van der Waals surface area (Å²) in [5.74, 6) is 0. The summed E-state index contributed by atoms with van der Waals surface area (Å²) in [6.45, 7) is 0. The van der Waals surface area contributed by atoms with Gasteiger partial charge in [-0.05, 0) is 0 Å². The molecular weight excluding hydrogens is 319 g/mol. The molecule has 0 radical (unpaired) electrons. The molecule has 0 unspecified atom stereocenters. The molecule has 0 N–H and O–H groups in total. The number of hydrogen-bond acceptors (Lipinski definition) is 0. The molecule has 90 valence electrons. The van der Waals surface area contributed by atoms with Crippen LogP contribution in [-0.4, -0.2) is 0 Å². The Hall–Kier alpha value is -0.647. The minimum atomic E-state index is 0. The Balaban J connectivity index is 0. The number of allylic oxidation sites excluding steroid dienone is 8. The first-order valence-corrected chi connectivity index (χ1v) is 5.34. The van der Waals surface area contributed by atoms with Crippen LogP contribution in [0.5, 0.6) is 0 Å². The third-order valence-electron chi connectivity index (χ3n) is 1.78. The Kier molecular flexibility index (Phi) is 17.9. The second-order valence-corrected chi connectivity index (χ2v) is 3.08. The van der Waals surface area contributed by atoms with Gasteiger partial charge in [0.1, 0.15) is 0 Å². The zero-order valence-corrected chi connectivity index (χ0v) is 13.4. The predicted molar refractivity (Wildman–Crippen MR) is 68.4 cm³/mol. The summed E-state index contributed by atoms with van der Waals surface area (Å²) < 4.78 is 0. The van der Waals surface area contributed by atoms with Crippen molar-refractivity contribution < 1.29 is 38.6 Å². The quantitative estimate of drug-likeness (QED) is 0.624. The molecule has 0 saturated heterocycles. The Morgan fingerprint density at radius 2 is 1.22 bits per heavy atom. The molecule has 1 aromatic carbocycles. The summed E-state index contributed by atoms with van der Waals surface area (Å²) in [4.78, 5) is 0. The van der Waals surface area contributed by atoms with Crippen molar-refractivity contribution in [2.75, 3.05) is 0 Å². The molecule has 0 aromatic heterocycles. The van der Waals surface area contributed by atoms with E-state index in [0.717, 1.165) is 12.8 Å². The van der Waals surface area contributed by atoms with Crippen molar-refractivity contribution in [3.8, 4) is 0 Å². The van der Waals surface area contributed by atoms with E-state index in [-0.39, 0.29) is 38.6 Å². The van der Waals surface area contributed by atoms with E-state index in [4.69, 9.17) is 0 Å². The summed E-state index contributed by atoms with van der Waals surface area (Å²) in [7, 11) is 0. The fraction of sp³-hybridized carbons (Fsp3) is 0.125. The van der Waals surface area contributed by atoms with Gasteiger partial charge in [-0.2, -0.15) is 48.6 Å². The second kappa shape index (κ2) is 16.4. The summed E-state index contributed by atoms with van der Waals surface area (Å²) in [6.07, 6.45) is 20.0. The van der Waals surface area contributed by atoms with Gasteiger partial charge in [0.05, 0.1) is 0 Å². The summed E-state index contributed by atoms with van der Waals surface area (Å²) in [5.41, 5.74) is 0.